The minimum Gasteiger partial charge on any atom is -0.472 e. The molecule has 3 rings (SSSR count). The molecule has 0 bridgehead atoms. The van der Waals surface area contributed by atoms with Gasteiger partial charge in [-0.2, -0.15) is 10.4 Å². The number of furan rings is 1. The summed E-state index contributed by atoms with van der Waals surface area (Å²) in [7, 11) is 0. The molecule has 2 aromatic heterocycles. The van der Waals surface area contributed by atoms with E-state index in [4.69, 9.17) is 9.68 Å². The molecule has 0 aliphatic carbocycles. The molecule has 6 heteroatoms. The van der Waals surface area contributed by atoms with Crippen molar-refractivity contribution < 1.29 is 9.21 Å². The zero-order chi connectivity index (χ0) is 16.8. The van der Waals surface area contributed by atoms with Crippen molar-refractivity contribution in [3.05, 3.63) is 78.0 Å². The molecule has 118 valence electrons. The lowest BCUT2D eigenvalue weighted by atomic mass is 10.1. The number of carbonyl (C=O) groups excluding carboxylic acids is 1. The van der Waals surface area contributed by atoms with E-state index in [9.17, 15) is 4.79 Å². The fourth-order valence-corrected chi connectivity index (χ4v) is 2.17. The number of nitriles is 1. The van der Waals surface area contributed by atoms with E-state index in [1.54, 1.807) is 47.8 Å². The van der Waals surface area contributed by atoms with Crippen molar-refractivity contribution in [1.82, 2.24) is 9.78 Å². The topological polar surface area (TPSA) is 83.9 Å². The molecular weight excluding hydrogens is 304 g/mol. The van der Waals surface area contributed by atoms with E-state index in [1.165, 1.54) is 6.08 Å². The fraction of sp³-hybridized carbons (Fsp3) is 0.0556. The van der Waals surface area contributed by atoms with Gasteiger partial charge < -0.3 is 9.73 Å². The fourth-order valence-electron chi connectivity index (χ4n) is 2.17. The summed E-state index contributed by atoms with van der Waals surface area (Å²) in [5.41, 5.74) is 3.00. The van der Waals surface area contributed by atoms with Crippen LogP contribution in [-0.4, -0.2) is 15.7 Å². The number of nitrogens with zero attached hydrogens (tertiary/aromatic N) is 3. The Morgan fingerprint density at radius 2 is 2.33 bits per heavy atom. The molecule has 0 aliphatic heterocycles. The molecule has 1 aromatic carbocycles. The summed E-state index contributed by atoms with van der Waals surface area (Å²) in [5.74, 6) is -0.248. The Morgan fingerprint density at radius 3 is 3.12 bits per heavy atom. The quantitative estimate of drug-likeness (QED) is 0.733. The van der Waals surface area contributed by atoms with Gasteiger partial charge in [0.15, 0.2) is 0 Å². The number of nitrogens with one attached hydrogen (secondary N) is 1. The van der Waals surface area contributed by atoms with Crippen molar-refractivity contribution in [3.8, 4) is 6.07 Å². The average Bonchev–Trinajstić information content (AvgIpc) is 3.25. The number of hydrogen-bond acceptors (Lipinski definition) is 4. The minimum atomic E-state index is -0.248. The highest BCUT2D eigenvalue weighted by molar-refractivity contribution is 6.01. The predicted molar refractivity (Wildman–Crippen MR) is 88.9 cm³/mol. The molecule has 1 N–H and O–H groups in total. The average molecular weight is 318 g/mol. The maximum absolute atomic E-state index is 11.9. The largest absolute Gasteiger partial charge is 0.472 e. The normalized spacial score (nSPS) is 10.6. The van der Waals surface area contributed by atoms with Crippen molar-refractivity contribution in [2.24, 2.45) is 0 Å². The lowest BCUT2D eigenvalue weighted by Crippen LogP contribution is -2.07. The van der Waals surface area contributed by atoms with E-state index in [0.717, 1.165) is 11.1 Å². The maximum Gasteiger partial charge on any atom is 0.248 e. The Kier molecular flexibility index (Phi) is 4.54. The Morgan fingerprint density at radius 1 is 1.42 bits per heavy atom. The van der Waals surface area contributed by atoms with Gasteiger partial charge in [-0.15, -0.1) is 0 Å². The smallest absolute Gasteiger partial charge is 0.248 e. The monoisotopic (exact) mass is 318 g/mol. The van der Waals surface area contributed by atoms with E-state index in [1.807, 2.05) is 18.2 Å². The number of anilines is 1. The molecule has 2 heterocycles. The Labute approximate surface area is 138 Å². The van der Waals surface area contributed by atoms with Crippen molar-refractivity contribution in [2.45, 2.75) is 6.54 Å². The van der Waals surface area contributed by atoms with Gasteiger partial charge in [0.25, 0.3) is 0 Å². The molecule has 3 aromatic rings. The summed E-state index contributed by atoms with van der Waals surface area (Å²) in [6, 6.07) is 11.2. The standard InChI is InChI=1S/C18H14N4O2/c19-9-15-2-1-3-16(8-15)11-22-12-17(10-20-22)21-18(23)5-4-14-6-7-24-13-14/h1-8,10,12-13H,11H2,(H,21,23)/b5-4+. The second kappa shape index (κ2) is 7.11. The number of amides is 1. The summed E-state index contributed by atoms with van der Waals surface area (Å²) in [6.45, 7) is 0.524. The lowest BCUT2D eigenvalue weighted by molar-refractivity contribution is -0.111. The molecule has 0 saturated carbocycles. The SMILES string of the molecule is N#Cc1cccc(Cn2cc(NC(=O)/C=C/c3ccoc3)cn2)c1. The summed E-state index contributed by atoms with van der Waals surface area (Å²) < 4.78 is 6.63. The summed E-state index contributed by atoms with van der Waals surface area (Å²) in [4.78, 5) is 11.9. The molecule has 0 radical (unpaired) electrons. The number of hydrogen-bond donors (Lipinski definition) is 1. The first-order valence-corrected chi connectivity index (χ1v) is 7.26. The van der Waals surface area contributed by atoms with Crippen LogP contribution in [-0.2, 0) is 11.3 Å². The van der Waals surface area contributed by atoms with E-state index in [-0.39, 0.29) is 5.91 Å². The Hall–Kier alpha value is -3.59. The van der Waals surface area contributed by atoms with Gasteiger partial charge in [-0.3, -0.25) is 9.48 Å². The van der Waals surface area contributed by atoms with Crippen LogP contribution in [0.4, 0.5) is 5.69 Å². The van der Waals surface area contributed by atoms with Gasteiger partial charge in [0.1, 0.15) is 0 Å². The molecule has 0 saturated heterocycles. The van der Waals surface area contributed by atoms with E-state index < -0.39 is 0 Å². The van der Waals surface area contributed by atoms with Gasteiger partial charge in [0.2, 0.25) is 5.91 Å². The maximum atomic E-state index is 11.9. The van der Waals surface area contributed by atoms with Crippen molar-refractivity contribution in [3.63, 3.8) is 0 Å². The van der Waals surface area contributed by atoms with Gasteiger partial charge in [-0.05, 0) is 29.8 Å². The molecule has 6 nitrogen and oxygen atoms in total. The van der Waals surface area contributed by atoms with Crippen LogP contribution in [0.15, 0.2) is 65.7 Å². The molecule has 0 fully saturated rings. The second-order valence-corrected chi connectivity index (χ2v) is 5.12. The first-order valence-electron chi connectivity index (χ1n) is 7.26. The van der Waals surface area contributed by atoms with Crippen molar-refractivity contribution >= 4 is 17.7 Å². The minimum absolute atomic E-state index is 0.248. The van der Waals surface area contributed by atoms with Gasteiger partial charge in [0.05, 0.1) is 42.6 Å². The molecule has 0 aliphatic rings. The highest BCUT2D eigenvalue weighted by Gasteiger charge is 2.03. The van der Waals surface area contributed by atoms with Crippen LogP contribution in [0.2, 0.25) is 0 Å². The first kappa shape index (κ1) is 15.3. The Balaban J connectivity index is 1.61. The van der Waals surface area contributed by atoms with Crippen LogP contribution >= 0.6 is 0 Å². The summed E-state index contributed by atoms with van der Waals surface area (Å²) >= 11 is 0. The second-order valence-electron chi connectivity index (χ2n) is 5.12. The van der Waals surface area contributed by atoms with Crippen molar-refractivity contribution in [1.29, 1.82) is 5.26 Å². The number of aromatic nitrogens is 2. The van der Waals surface area contributed by atoms with Gasteiger partial charge in [-0.25, -0.2) is 0 Å². The number of carbonyl (C=O) groups is 1. The predicted octanol–water partition coefficient (Wildman–Crippen LogP) is 3.05. The van der Waals surface area contributed by atoms with E-state index in [0.29, 0.717) is 17.8 Å². The molecule has 1 amide bonds. The molecule has 24 heavy (non-hydrogen) atoms. The third-order valence-electron chi connectivity index (χ3n) is 3.27. The zero-order valence-electron chi connectivity index (χ0n) is 12.7. The van der Waals surface area contributed by atoms with Crippen LogP contribution in [0.5, 0.6) is 0 Å². The molecular formula is C18H14N4O2. The number of benzene rings is 1. The Bertz CT molecular complexity index is 901. The van der Waals surface area contributed by atoms with Gasteiger partial charge >= 0.3 is 0 Å². The lowest BCUT2D eigenvalue weighted by Gasteiger charge is -2.02. The molecule has 0 atom stereocenters. The molecule has 0 spiro atoms. The van der Waals surface area contributed by atoms with E-state index >= 15 is 0 Å². The van der Waals surface area contributed by atoms with Crippen LogP contribution in [0.1, 0.15) is 16.7 Å². The zero-order valence-corrected chi connectivity index (χ0v) is 12.7. The van der Waals surface area contributed by atoms with Crippen LogP contribution in [0.3, 0.4) is 0 Å². The van der Waals surface area contributed by atoms with Crippen LogP contribution in [0.25, 0.3) is 6.08 Å². The first-order chi connectivity index (χ1) is 11.7. The molecule has 0 unspecified atom stereocenters. The summed E-state index contributed by atoms with van der Waals surface area (Å²) in [6.07, 6.45) is 9.51. The van der Waals surface area contributed by atoms with E-state index in [2.05, 4.69) is 16.5 Å². The van der Waals surface area contributed by atoms with Crippen molar-refractivity contribution in [2.75, 3.05) is 5.32 Å². The third kappa shape index (κ3) is 3.99. The third-order valence-corrected chi connectivity index (χ3v) is 3.27. The van der Waals surface area contributed by atoms with Crippen LogP contribution in [0, 0.1) is 11.3 Å². The highest BCUT2D eigenvalue weighted by atomic mass is 16.3. The highest BCUT2D eigenvalue weighted by Crippen LogP contribution is 2.10. The summed E-state index contributed by atoms with van der Waals surface area (Å²) in [5, 5.41) is 15.9. The van der Waals surface area contributed by atoms with Crippen LogP contribution < -0.4 is 5.32 Å². The van der Waals surface area contributed by atoms with Gasteiger partial charge in [0, 0.05) is 17.8 Å². The van der Waals surface area contributed by atoms with Gasteiger partial charge in [-0.1, -0.05) is 12.1 Å². The number of rotatable bonds is 5.